The van der Waals surface area contributed by atoms with Crippen molar-refractivity contribution in [1.29, 1.82) is 0 Å². The third kappa shape index (κ3) is 2.99. The molecule has 2 atom stereocenters. The highest BCUT2D eigenvalue weighted by Crippen LogP contribution is 2.48. The Morgan fingerprint density at radius 1 is 1.47 bits per heavy atom. The van der Waals surface area contributed by atoms with E-state index in [-0.39, 0.29) is 0 Å². The molecule has 0 saturated heterocycles. The lowest BCUT2D eigenvalue weighted by molar-refractivity contribution is 0.192. The number of nitrogens with one attached hydrogen (secondary N) is 1. The summed E-state index contributed by atoms with van der Waals surface area (Å²) in [5, 5.41) is 12.1. The predicted octanol–water partition coefficient (Wildman–Crippen LogP) is 3.17. The molecule has 1 aliphatic carbocycles. The van der Waals surface area contributed by atoms with Crippen molar-refractivity contribution >= 4 is 0 Å². The van der Waals surface area contributed by atoms with E-state index in [0.29, 0.717) is 17.4 Å². The fourth-order valence-electron chi connectivity index (χ4n) is 3.54. The second-order valence-electron chi connectivity index (χ2n) is 6.40. The van der Waals surface area contributed by atoms with Crippen LogP contribution in [0.15, 0.2) is 6.20 Å². The van der Waals surface area contributed by atoms with Gasteiger partial charge in [0.05, 0.1) is 17.9 Å². The lowest BCUT2D eigenvalue weighted by atomic mass is 9.76. The molecule has 1 aliphatic rings. The lowest BCUT2D eigenvalue weighted by Gasteiger charge is -2.34. The van der Waals surface area contributed by atoms with Crippen molar-refractivity contribution in [3.05, 3.63) is 11.9 Å². The standard InChI is InChI=1S/C15H28N4/c1-5-10-19-13(11-17-18-19)14(16-6-2)12-8-7-9-15(12,3)4/h11-12,14,16H,5-10H2,1-4H3. The van der Waals surface area contributed by atoms with Crippen molar-refractivity contribution in [2.75, 3.05) is 6.54 Å². The minimum Gasteiger partial charge on any atom is -0.309 e. The smallest absolute Gasteiger partial charge is 0.0759 e. The van der Waals surface area contributed by atoms with Gasteiger partial charge in [-0.25, -0.2) is 4.68 Å². The molecule has 1 saturated carbocycles. The first kappa shape index (κ1) is 14.5. The number of aromatic nitrogens is 3. The molecule has 1 aromatic heterocycles. The van der Waals surface area contributed by atoms with Crippen LogP contribution >= 0.6 is 0 Å². The van der Waals surface area contributed by atoms with Crippen molar-refractivity contribution in [3.8, 4) is 0 Å². The lowest BCUT2D eigenvalue weighted by Crippen LogP contribution is -2.35. The molecule has 0 spiro atoms. The van der Waals surface area contributed by atoms with E-state index in [9.17, 15) is 0 Å². The van der Waals surface area contributed by atoms with Gasteiger partial charge >= 0.3 is 0 Å². The second kappa shape index (κ2) is 6.04. The number of hydrogen-bond donors (Lipinski definition) is 1. The Morgan fingerprint density at radius 2 is 2.26 bits per heavy atom. The quantitative estimate of drug-likeness (QED) is 0.858. The number of aryl methyl sites for hydroxylation is 1. The molecule has 4 heteroatoms. The van der Waals surface area contributed by atoms with E-state index in [1.54, 1.807) is 0 Å². The highest BCUT2D eigenvalue weighted by Gasteiger charge is 2.40. The normalized spacial score (nSPS) is 23.7. The number of hydrogen-bond acceptors (Lipinski definition) is 3. The summed E-state index contributed by atoms with van der Waals surface area (Å²) in [5.74, 6) is 0.682. The van der Waals surface area contributed by atoms with Crippen LogP contribution in [-0.2, 0) is 6.54 Å². The van der Waals surface area contributed by atoms with Crippen LogP contribution in [0.3, 0.4) is 0 Å². The van der Waals surface area contributed by atoms with Crippen LogP contribution in [0.4, 0.5) is 0 Å². The van der Waals surface area contributed by atoms with E-state index >= 15 is 0 Å². The zero-order valence-electron chi connectivity index (χ0n) is 12.8. The van der Waals surface area contributed by atoms with Crippen molar-refractivity contribution in [2.24, 2.45) is 11.3 Å². The van der Waals surface area contributed by atoms with Gasteiger partial charge in [-0.05, 0) is 37.1 Å². The van der Waals surface area contributed by atoms with E-state index < -0.39 is 0 Å². The van der Waals surface area contributed by atoms with Crippen LogP contribution in [0.5, 0.6) is 0 Å². The molecular formula is C15H28N4. The molecule has 0 bridgehead atoms. The molecule has 2 rings (SSSR count). The van der Waals surface area contributed by atoms with Gasteiger partial charge in [-0.3, -0.25) is 0 Å². The first-order chi connectivity index (χ1) is 9.10. The van der Waals surface area contributed by atoms with Crippen LogP contribution in [0.2, 0.25) is 0 Å². The molecule has 1 heterocycles. The summed E-state index contributed by atoms with van der Waals surface area (Å²) in [7, 11) is 0. The van der Waals surface area contributed by atoms with Gasteiger partial charge in [-0.2, -0.15) is 0 Å². The Bertz CT molecular complexity index is 397. The van der Waals surface area contributed by atoms with Crippen molar-refractivity contribution in [1.82, 2.24) is 20.3 Å². The summed E-state index contributed by atoms with van der Waals surface area (Å²) >= 11 is 0. The molecule has 0 amide bonds. The average molecular weight is 264 g/mol. The topological polar surface area (TPSA) is 42.7 Å². The number of rotatable bonds is 6. The Morgan fingerprint density at radius 3 is 2.84 bits per heavy atom. The monoisotopic (exact) mass is 264 g/mol. The summed E-state index contributed by atoms with van der Waals surface area (Å²) in [6.07, 6.45) is 7.03. The summed E-state index contributed by atoms with van der Waals surface area (Å²) in [5.41, 5.74) is 1.68. The summed E-state index contributed by atoms with van der Waals surface area (Å²) in [6.45, 7) is 11.1. The Balaban J connectivity index is 2.26. The van der Waals surface area contributed by atoms with Crippen LogP contribution < -0.4 is 5.32 Å². The van der Waals surface area contributed by atoms with E-state index in [2.05, 4.69) is 48.0 Å². The van der Waals surface area contributed by atoms with E-state index in [0.717, 1.165) is 19.5 Å². The maximum atomic E-state index is 4.25. The van der Waals surface area contributed by atoms with Gasteiger partial charge in [-0.1, -0.05) is 39.3 Å². The largest absolute Gasteiger partial charge is 0.309 e. The van der Waals surface area contributed by atoms with Gasteiger partial charge in [0.15, 0.2) is 0 Å². The number of nitrogens with zero attached hydrogens (tertiary/aromatic N) is 3. The molecule has 1 N–H and O–H groups in total. The van der Waals surface area contributed by atoms with Gasteiger partial charge in [0.1, 0.15) is 0 Å². The van der Waals surface area contributed by atoms with Crippen LogP contribution in [-0.4, -0.2) is 21.5 Å². The second-order valence-corrected chi connectivity index (χ2v) is 6.40. The zero-order valence-corrected chi connectivity index (χ0v) is 12.8. The van der Waals surface area contributed by atoms with Gasteiger partial charge in [-0.15, -0.1) is 5.10 Å². The minimum absolute atomic E-state index is 0.393. The molecular weight excluding hydrogens is 236 g/mol. The third-order valence-corrected chi connectivity index (χ3v) is 4.57. The zero-order chi connectivity index (χ0) is 13.9. The molecule has 1 aromatic rings. The molecule has 19 heavy (non-hydrogen) atoms. The van der Waals surface area contributed by atoms with E-state index in [4.69, 9.17) is 0 Å². The molecule has 108 valence electrons. The molecule has 0 aliphatic heterocycles. The Kier molecular flexibility index (Phi) is 4.61. The molecule has 0 radical (unpaired) electrons. The summed E-state index contributed by atoms with van der Waals surface area (Å²) < 4.78 is 2.09. The van der Waals surface area contributed by atoms with Gasteiger partial charge < -0.3 is 5.32 Å². The molecule has 0 aromatic carbocycles. The minimum atomic E-state index is 0.393. The van der Waals surface area contributed by atoms with Gasteiger partial charge in [0.25, 0.3) is 0 Å². The highest BCUT2D eigenvalue weighted by atomic mass is 15.4. The summed E-state index contributed by atoms with van der Waals surface area (Å²) in [6, 6.07) is 0.393. The van der Waals surface area contributed by atoms with Crippen LogP contribution in [0, 0.1) is 11.3 Å². The third-order valence-electron chi connectivity index (χ3n) is 4.57. The fraction of sp³-hybridized carbons (Fsp3) is 0.867. The van der Waals surface area contributed by atoms with Gasteiger partial charge in [0.2, 0.25) is 0 Å². The molecule has 4 nitrogen and oxygen atoms in total. The fourth-order valence-corrected chi connectivity index (χ4v) is 3.54. The predicted molar refractivity (Wildman–Crippen MR) is 77.9 cm³/mol. The van der Waals surface area contributed by atoms with Crippen LogP contribution in [0.1, 0.15) is 65.1 Å². The molecule has 1 fully saturated rings. The average Bonchev–Trinajstić information content (AvgIpc) is 2.94. The SMILES string of the molecule is CCCn1nncc1C(NCC)C1CCCC1(C)C. The van der Waals surface area contributed by atoms with Crippen molar-refractivity contribution < 1.29 is 0 Å². The van der Waals surface area contributed by atoms with E-state index in [1.807, 2.05) is 6.20 Å². The Labute approximate surface area is 117 Å². The van der Waals surface area contributed by atoms with Crippen molar-refractivity contribution in [3.63, 3.8) is 0 Å². The van der Waals surface area contributed by atoms with Gasteiger partial charge in [0, 0.05) is 6.54 Å². The molecule has 2 unspecified atom stereocenters. The highest BCUT2D eigenvalue weighted by molar-refractivity contribution is 5.08. The maximum absolute atomic E-state index is 4.25. The van der Waals surface area contributed by atoms with E-state index in [1.165, 1.54) is 25.0 Å². The first-order valence-corrected chi connectivity index (χ1v) is 7.72. The summed E-state index contributed by atoms with van der Waals surface area (Å²) in [4.78, 5) is 0. The maximum Gasteiger partial charge on any atom is 0.0759 e. The van der Waals surface area contributed by atoms with Crippen LogP contribution in [0.25, 0.3) is 0 Å². The Hall–Kier alpha value is -0.900. The first-order valence-electron chi connectivity index (χ1n) is 7.72. The van der Waals surface area contributed by atoms with Crippen molar-refractivity contribution in [2.45, 2.75) is 66.0 Å².